The minimum atomic E-state index is -0.500. The van der Waals surface area contributed by atoms with Crippen molar-refractivity contribution >= 4 is 17.6 Å². The maximum Gasteiger partial charge on any atom is 0.328 e. The summed E-state index contributed by atoms with van der Waals surface area (Å²) in [5, 5.41) is 15.0. The van der Waals surface area contributed by atoms with Gasteiger partial charge >= 0.3 is 5.97 Å². The first-order valence-corrected chi connectivity index (χ1v) is 13.2. The van der Waals surface area contributed by atoms with Gasteiger partial charge in [0.2, 0.25) is 0 Å². The Bertz CT molecular complexity index is 899. The first-order valence-electron chi connectivity index (χ1n) is 13.2. The summed E-state index contributed by atoms with van der Waals surface area (Å²) in [6.07, 6.45) is 12.2. The van der Waals surface area contributed by atoms with Crippen LogP contribution in [0, 0.1) is 28.6 Å². The largest absolute Gasteiger partial charge is 0.467 e. The molecule has 4 fully saturated rings. The molecule has 3 saturated carbocycles. The van der Waals surface area contributed by atoms with E-state index in [1.807, 2.05) is 0 Å². The summed E-state index contributed by atoms with van der Waals surface area (Å²) >= 11 is 0. The number of hydrogen-bond donors (Lipinski definition) is 1. The molecule has 4 aliphatic carbocycles. The molecule has 0 bridgehead atoms. The Labute approximate surface area is 202 Å². The molecule has 1 aliphatic heterocycles. The first kappa shape index (κ1) is 23.8. The number of ether oxygens (including phenoxy) is 1. The van der Waals surface area contributed by atoms with Gasteiger partial charge in [-0.15, -0.1) is 0 Å². The van der Waals surface area contributed by atoms with Crippen LogP contribution in [-0.2, 0) is 19.2 Å². The van der Waals surface area contributed by atoms with Gasteiger partial charge in [0.1, 0.15) is 6.04 Å². The first-order chi connectivity index (χ1) is 16.3. The van der Waals surface area contributed by atoms with Gasteiger partial charge < -0.3 is 19.6 Å². The highest BCUT2D eigenvalue weighted by atomic mass is 16.6. The average Bonchev–Trinajstić information content (AvgIpc) is 3.43. The van der Waals surface area contributed by atoms with Gasteiger partial charge in [-0.25, -0.2) is 4.79 Å². The quantitative estimate of drug-likeness (QED) is 0.496. The summed E-state index contributed by atoms with van der Waals surface area (Å²) in [6.45, 7) is 5.19. The Morgan fingerprint density at radius 3 is 2.74 bits per heavy atom. The van der Waals surface area contributed by atoms with Crippen molar-refractivity contribution in [2.75, 3.05) is 20.3 Å². The van der Waals surface area contributed by atoms with E-state index in [4.69, 9.17) is 9.57 Å². The van der Waals surface area contributed by atoms with Crippen molar-refractivity contribution in [1.82, 2.24) is 4.90 Å². The summed E-state index contributed by atoms with van der Waals surface area (Å²) in [4.78, 5) is 31.5. The van der Waals surface area contributed by atoms with Crippen LogP contribution < -0.4 is 0 Å². The van der Waals surface area contributed by atoms with E-state index in [2.05, 4.69) is 25.1 Å². The lowest BCUT2D eigenvalue weighted by molar-refractivity contribution is -0.152. The maximum absolute atomic E-state index is 12.6. The molecule has 7 heteroatoms. The molecule has 34 heavy (non-hydrogen) atoms. The fourth-order valence-electron chi connectivity index (χ4n) is 8.32. The van der Waals surface area contributed by atoms with E-state index in [1.54, 1.807) is 4.90 Å². The highest BCUT2D eigenvalue weighted by molar-refractivity contribution is 5.96. The second-order valence-corrected chi connectivity index (χ2v) is 11.8. The zero-order valence-electron chi connectivity index (χ0n) is 20.9. The van der Waals surface area contributed by atoms with Crippen LogP contribution in [0.2, 0.25) is 0 Å². The number of hydrogen-bond acceptors (Lipinski definition) is 6. The predicted octanol–water partition coefficient (Wildman–Crippen LogP) is 3.85. The minimum Gasteiger partial charge on any atom is -0.467 e. The van der Waals surface area contributed by atoms with Crippen LogP contribution in [0.4, 0.5) is 0 Å². The fraction of sp³-hybridized carbons (Fsp3) is 0.815. The van der Waals surface area contributed by atoms with Crippen LogP contribution in [0.3, 0.4) is 0 Å². The Hall–Kier alpha value is -1.89. The Morgan fingerprint density at radius 1 is 1.12 bits per heavy atom. The van der Waals surface area contributed by atoms with Crippen molar-refractivity contribution in [3.8, 4) is 0 Å². The SMILES string of the molecule is COC(=O)[C@@H]1CCCN1C(=O)CO/N=C1/C=C2CC[C@H]3[C@@H](CC[C@]4(C)[C@H](O)CC[C@@H]34)[C@@]2(C)CC1. The average molecular weight is 473 g/mol. The number of esters is 1. The Balaban J connectivity index is 1.23. The van der Waals surface area contributed by atoms with Crippen LogP contribution in [0.15, 0.2) is 16.8 Å². The number of allylic oxidation sites excluding steroid dienone is 2. The van der Waals surface area contributed by atoms with Gasteiger partial charge in [-0.2, -0.15) is 0 Å². The predicted molar refractivity (Wildman–Crippen MR) is 128 cm³/mol. The summed E-state index contributed by atoms with van der Waals surface area (Å²) in [5.74, 6) is 1.48. The van der Waals surface area contributed by atoms with E-state index in [0.717, 1.165) is 44.2 Å². The molecule has 0 radical (unpaired) electrons. The molecule has 0 aromatic heterocycles. The molecular weight excluding hydrogens is 432 g/mol. The van der Waals surface area contributed by atoms with Crippen molar-refractivity contribution in [1.29, 1.82) is 0 Å². The number of methoxy groups -OCH3 is 1. The van der Waals surface area contributed by atoms with Gasteiger partial charge in [0, 0.05) is 6.54 Å². The van der Waals surface area contributed by atoms with Crippen molar-refractivity contribution in [3.05, 3.63) is 11.6 Å². The van der Waals surface area contributed by atoms with Gasteiger partial charge in [-0.1, -0.05) is 24.6 Å². The van der Waals surface area contributed by atoms with Crippen LogP contribution in [0.5, 0.6) is 0 Å². The van der Waals surface area contributed by atoms with Gasteiger partial charge in [0.05, 0.1) is 18.9 Å². The second-order valence-electron chi connectivity index (χ2n) is 11.8. The van der Waals surface area contributed by atoms with Gasteiger partial charge in [0.25, 0.3) is 5.91 Å². The number of aliphatic hydroxyl groups excluding tert-OH is 1. The molecule has 0 aromatic rings. The van der Waals surface area contributed by atoms with E-state index in [0.29, 0.717) is 30.7 Å². The fourth-order valence-corrected chi connectivity index (χ4v) is 8.32. The topological polar surface area (TPSA) is 88.4 Å². The molecule has 7 nitrogen and oxygen atoms in total. The highest BCUT2D eigenvalue weighted by Gasteiger charge is 2.58. The minimum absolute atomic E-state index is 0.114. The lowest BCUT2D eigenvalue weighted by Gasteiger charge is -2.57. The summed E-state index contributed by atoms with van der Waals surface area (Å²) in [6, 6.07) is -0.500. The number of likely N-dealkylation sites (tertiary alicyclic amines) is 1. The van der Waals surface area contributed by atoms with Gasteiger partial charge in [0.15, 0.2) is 6.61 Å². The van der Waals surface area contributed by atoms with Crippen LogP contribution >= 0.6 is 0 Å². The van der Waals surface area contributed by atoms with Crippen molar-refractivity contribution in [3.63, 3.8) is 0 Å². The highest BCUT2D eigenvalue weighted by Crippen LogP contribution is 2.65. The third-order valence-electron chi connectivity index (χ3n) is 10.3. The van der Waals surface area contributed by atoms with E-state index in [-0.39, 0.29) is 35.4 Å². The summed E-state index contributed by atoms with van der Waals surface area (Å²) in [5.41, 5.74) is 2.72. The molecule has 1 amide bonds. The second kappa shape index (κ2) is 8.96. The molecule has 7 atom stereocenters. The molecule has 0 unspecified atom stereocenters. The molecular formula is C27H40N2O5. The molecule has 5 rings (SSSR count). The van der Waals surface area contributed by atoms with E-state index in [9.17, 15) is 14.7 Å². The summed E-state index contributed by atoms with van der Waals surface area (Å²) in [7, 11) is 1.35. The number of carbonyl (C=O) groups excluding carboxylic acids is 2. The summed E-state index contributed by atoms with van der Waals surface area (Å²) < 4.78 is 4.82. The van der Waals surface area contributed by atoms with Gasteiger partial charge in [-0.05, 0) is 98.9 Å². The monoisotopic (exact) mass is 472 g/mol. The molecule has 5 aliphatic rings. The van der Waals surface area contributed by atoms with E-state index < -0.39 is 6.04 Å². The van der Waals surface area contributed by atoms with Gasteiger partial charge in [-0.3, -0.25) is 4.79 Å². The van der Waals surface area contributed by atoms with Crippen molar-refractivity contribution < 1.29 is 24.3 Å². The number of carbonyl (C=O) groups is 2. The third kappa shape index (κ3) is 3.78. The van der Waals surface area contributed by atoms with Crippen LogP contribution in [0.25, 0.3) is 0 Å². The zero-order chi connectivity index (χ0) is 24.1. The number of nitrogens with zero attached hydrogens (tertiary/aromatic N) is 2. The third-order valence-corrected chi connectivity index (χ3v) is 10.3. The number of amides is 1. The zero-order valence-corrected chi connectivity index (χ0v) is 20.9. The Morgan fingerprint density at radius 2 is 1.94 bits per heavy atom. The number of oxime groups is 1. The van der Waals surface area contributed by atoms with Crippen molar-refractivity contribution in [2.45, 2.75) is 90.2 Å². The number of fused-ring (bicyclic) bond motifs is 5. The molecule has 0 aromatic carbocycles. The molecule has 1 N–H and O–H groups in total. The van der Waals surface area contributed by atoms with Crippen LogP contribution in [-0.4, -0.2) is 60.0 Å². The lowest BCUT2D eigenvalue weighted by atomic mass is 9.47. The normalized spacial score (nSPS) is 42.5. The number of aliphatic hydroxyl groups is 1. The Kier molecular flexibility index (Phi) is 6.28. The number of rotatable bonds is 4. The maximum atomic E-state index is 12.6. The molecule has 0 spiro atoms. The van der Waals surface area contributed by atoms with Crippen LogP contribution in [0.1, 0.15) is 78.1 Å². The molecule has 1 heterocycles. The molecule has 1 saturated heterocycles. The lowest BCUT2D eigenvalue weighted by Crippen LogP contribution is -2.51. The van der Waals surface area contributed by atoms with E-state index >= 15 is 0 Å². The molecule has 188 valence electrons. The standard InChI is InChI=1S/C27H40N2O5/c1-26-12-10-18(28-34-16-24(31)29-14-4-5-22(29)25(32)33-3)15-17(26)6-7-19-20-8-9-23(30)27(20,2)13-11-21(19)26/h15,19-23,30H,4-14,16H2,1-3H3/b28-18+/t19-,20+,21-,22+,23-,26+,27+/m1/s1. The van der Waals surface area contributed by atoms with E-state index in [1.165, 1.54) is 31.9 Å². The van der Waals surface area contributed by atoms with Crippen molar-refractivity contribution in [2.24, 2.45) is 33.7 Å². The smallest absolute Gasteiger partial charge is 0.328 e.